The van der Waals surface area contributed by atoms with Crippen LogP contribution >= 0.6 is 23.2 Å². The molecule has 11 heavy (non-hydrogen) atoms. The van der Waals surface area contributed by atoms with Crippen LogP contribution in [0.2, 0.25) is 0 Å². The molecular weight excluding hydrogens is 189 g/mol. The number of esters is 1. The maximum Gasteiger partial charge on any atom is 0.304 e. The largest absolute Gasteiger partial charge is 0.441 e. The van der Waals surface area contributed by atoms with E-state index < -0.39 is 11.6 Å². The van der Waals surface area contributed by atoms with Gasteiger partial charge < -0.3 is 4.74 Å². The van der Waals surface area contributed by atoms with Crippen molar-refractivity contribution in [2.45, 2.75) is 12.5 Å². The van der Waals surface area contributed by atoms with Gasteiger partial charge in [-0.25, -0.2) is 0 Å². The van der Waals surface area contributed by atoms with E-state index in [1.807, 2.05) is 0 Å². The van der Waals surface area contributed by atoms with Crippen molar-refractivity contribution < 1.29 is 9.53 Å². The predicted molar refractivity (Wildman–Crippen MR) is 41.6 cm³/mol. The highest BCUT2D eigenvalue weighted by molar-refractivity contribution is 6.22. The van der Waals surface area contributed by atoms with Crippen LogP contribution in [-0.2, 0) is 9.53 Å². The minimum Gasteiger partial charge on any atom is -0.441 e. The quantitative estimate of drug-likeness (QED) is 0.504. The SMILES string of the molecule is CC(=O)OC(C#N)(CCl)CCl. The van der Waals surface area contributed by atoms with Gasteiger partial charge in [0, 0.05) is 6.92 Å². The van der Waals surface area contributed by atoms with Gasteiger partial charge in [-0.3, -0.25) is 4.79 Å². The molecule has 0 heterocycles. The lowest BCUT2D eigenvalue weighted by molar-refractivity contribution is -0.148. The zero-order valence-corrected chi connectivity index (χ0v) is 7.45. The number of hydrogen-bond donors (Lipinski definition) is 0. The molecule has 0 amide bonds. The van der Waals surface area contributed by atoms with Crippen LogP contribution < -0.4 is 0 Å². The van der Waals surface area contributed by atoms with E-state index in [0.29, 0.717) is 0 Å². The lowest BCUT2D eigenvalue weighted by Gasteiger charge is -2.19. The number of carbonyl (C=O) groups is 1. The first-order valence-electron chi connectivity index (χ1n) is 2.83. The van der Waals surface area contributed by atoms with E-state index in [4.69, 9.17) is 28.5 Å². The molecule has 0 unspecified atom stereocenters. The van der Waals surface area contributed by atoms with Gasteiger partial charge in [0.05, 0.1) is 11.8 Å². The lowest BCUT2D eigenvalue weighted by atomic mass is 10.2. The second-order valence-electron chi connectivity index (χ2n) is 1.97. The average Bonchev–Trinajstić information content (AvgIpc) is 2.00. The Balaban J connectivity index is 4.32. The van der Waals surface area contributed by atoms with Crippen LogP contribution in [0.1, 0.15) is 6.92 Å². The lowest BCUT2D eigenvalue weighted by Crippen LogP contribution is -2.36. The summed E-state index contributed by atoms with van der Waals surface area (Å²) in [5.41, 5.74) is -1.37. The van der Waals surface area contributed by atoms with E-state index in [-0.39, 0.29) is 11.8 Å². The van der Waals surface area contributed by atoms with Crippen molar-refractivity contribution in [3.8, 4) is 6.07 Å². The summed E-state index contributed by atoms with van der Waals surface area (Å²) in [6.45, 7) is 1.20. The molecule has 0 fully saturated rings. The summed E-state index contributed by atoms with van der Waals surface area (Å²) < 4.78 is 4.62. The number of rotatable bonds is 3. The molecular formula is C6H7Cl2NO2. The standard InChI is InChI=1S/C6H7Cl2NO2/c1-5(10)11-6(2-7,3-8)4-9/h2-3H2,1H3. The first-order valence-corrected chi connectivity index (χ1v) is 3.90. The van der Waals surface area contributed by atoms with Crippen LogP contribution in [0.4, 0.5) is 0 Å². The van der Waals surface area contributed by atoms with Gasteiger partial charge in [0.2, 0.25) is 5.60 Å². The topological polar surface area (TPSA) is 50.1 Å². The highest BCUT2D eigenvalue weighted by Gasteiger charge is 2.31. The van der Waals surface area contributed by atoms with Crippen LogP contribution in [0, 0.1) is 11.3 Å². The van der Waals surface area contributed by atoms with Gasteiger partial charge in [0.15, 0.2) is 0 Å². The number of carbonyl (C=O) groups excluding carboxylic acids is 1. The number of alkyl halides is 2. The van der Waals surface area contributed by atoms with Crippen molar-refractivity contribution in [3.05, 3.63) is 0 Å². The first-order chi connectivity index (χ1) is 5.10. The van der Waals surface area contributed by atoms with Crippen molar-refractivity contribution in [2.75, 3.05) is 11.8 Å². The first kappa shape index (κ1) is 10.5. The molecule has 0 saturated carbocycles. The molecule has 0 atom stereocenters. The third-order valence-corrected chi connectivity index (χ3v) is 1.84. The molecule has 5 heteroatoms. The van der Waals surface area contributed by atoms with Crippen LogP contribution in [0.5, 0.6) is 0 Å². The summed E-state index contributed by atoms with van der Waals surface area (Å²) in [4.78, 5) is 10.4. The molecule has 0 aromatic heterocycles. The fourth-order valence-electron chi connectivity index (χ4n) is 0.448. The van der Waals surface area contributed by atoms with Crippen molar-refractivity contribution in [1.82, 2.24) is 0 Å². The average molecular weight is 196 g/mol. The van der Waals surface area contributed by atoms with E-state index in [0.717, 1.165) is 0 Å². The molecule has 0 aromatic rings. The predicted octanol–water partition coefficient (Wildman–Crippen LogP) is 1.29. The van der Waals surface area contributed by atoms with Crippen molar-refractivity contribution >= 4 is 29.2 Å². The van der Waals surface area contributed by atoms with Crippen molar-refractivity contribution in [1.29, 1.82) is 5.26 Å². The Morgan fingerprint density at radius 3 is 2.18 bits per heavy atom. The van der Waals surface area contributed by atoms with E-state index >= 15 is 0 Å². The zero-order chi connectivity index (χ0) is 8.91. The van der Waals surface area contributed by atoms with Crippen LogP contribution in [0.3, 0.4) is 0 Å². The Hall–Kier alpha value is -0.460. The van der Waals surface area contributed by atoms with Gasteiger partial charge in [-0.2, -0.15) is 5.26 Å². The summed E-state index contributed by atoms with van der Waals surface area (Å²) in [7, 11) is 0. The molecule has 0 spiro atoms. The number of halogens is 2. The Morgan fingerprint density at radius 2 is 2.09 bits per heavy atom. The maximum absolute atomic E-state index is 10.4. The van der Waals surface area contributed by atoms with E-state index in [1.54, 1.807) is 6.07 Å². The van der Waals surface area contributed by atoms with E-state index in [9.17, 15) is 4.79 Å². The van der Waals surface area contributed by atoms with Gasteiger partial charge in [0.1, 0.15) is 6.07 Å². The molecule has 62 valence electrons. The molecule has 0 bridgehead atoms. The van der Waals surface area contributed by atoms with Gasteiger partial charge in [0.25, 0.3) is 0 Å². The summed E-state index contributed by atoms with van der Waals surface area (Å²) in [6, 6.07) is 1.74. The summed E-state index contributed by atoms with van der Waals surface area (Å²) in [5, 5.41) is 8.53. The summed E-state index contributed by atoms with van der Waals surface area (Å²) in [5.74, 6) is -0.799. The van der Waals surface area contributed by atoms with Gasteiger partial charge in [-0.1, -0.05) is 0 Å². The Kier molecular flexibility index (Phi) is 4.24. The number of hydrogen-bond acceptors (Lipinski definition) is 3. The normalized spacial score (nSPS) is 10.4. The van der Waals surface area contributed by atoms with Crippen LogP contribution in [0.25, 0.3) is 0 Å². The second-order valence-corrected chi connectivity index (χ2v) is 2.50. The highest BCUT2D eigenvalue weighted by Crippen LogP contribution is 2.14. The molecule has 0 aliphatic heterocycles. The summed E-state index contributed by atoms with van der Waals surface area (Å²) >= 11 is 10.8. The van der Waals surface area contributed by atoms with Crippen LogP contribution in [0.15, 0.2) is 0 Å². The zero-order valence-electron chi connectivity index (χ0n) is 5.93. The van der Waals surface area contributed by atoms with Crippen molar-refractivity contribution in [2.24, 2.45) is 0 Å². The number of nitrogens with zero attached hydrogens (tertiary/aromatic N) is 1. The smallest absolute Gasteiger partial charge is 0.304 e. The molecule has 0 aliphatic rings. The van der Waals surface area contributed by atoms with Gasteiger partial charge >= 0.3 is 5.97 Å². The fourth-order valence-corrected chi connectivity index (χ4v) is 0.962. The maximum atomic E-state index is 10.4. The molecule has 0 aliphatic carbocycles. The van der Waals surface area contributed by atoms with Gasteiger partial charge in [-0.15, -0.1) is 23.2 Å². The van der Waals surface area contributed by atoms with Crippen LogP contribution in [-0.4, -0.2) is 23.3 Å². The molecule has 0 aromatic carbocycles. The highest BCUT2D eigenvalue weighted by atomic mass is 35.5. The molecule has 3 nitrogen and oxygen atoms in total. The Labute approximate surface area is 74.8 Å². The number of ether oxygens (including phenoxy) is 1. The minimum absolute atomic E-state index is 0.118. The monoisotopic (exact) mass is 195 g/mol. The molecule has 0 radical (unpaired) electrons. The second kappa shape index (κ2) is 4.42. The number of nitriles is 1. The Morgan fingerprint density at radius 1 is 1.64 bits per heavy atom. The van der Waals surface area contributed by atoms with E-state index in [1.165, 1.54) is 6.92 Å². The Bertz CT molecular complexity index is 184. The third kappa shape index (κ3) is 2.96. The van der Waals surface area contributed by atoms with E-state index in [2.05, 4.69) is 4.74 Å². The summed E-state index contributed by atoms with van der Waals surface area (Å²) in [6.07, 6.45) is 0. The molecule has 0 rings (SSSR count). The fraction of sp³-hybridized carbons (Fsp3) is 0.667. The minimum atomic E-state index is -1.37. The van der Waals surface area contributed by atoms with Gasteiger partial charge in [-0.05, 0) is 0 Å². The third-order valence-electron chi connectivity index (χ3n) is 0.975. The van der Waals surface area contributed by atoms with Crippen molar-refractivity contribution in [3.63, 3.8) is 0 Å². The molecule has 0 N–H and O–H groups in total. The molecule has 0 saturated heterocycles.